The maximum Gasteiger partial charge on any atom is 0.225 e. The van der Waals surface area contributed by atoms with E-state index in [1.807, 2.05) is 6.92 Å². The Labute approximate surface area is 123 Å². The summed E-state index contributed by atoms with van der Waals surface area (Å²) in [6.07, 6.45) is 2.05. The van der Waals surface area contributed by atoms with Crippen LogP contribution in [0.4, 0.5) is 0 Å². The number of hydrogen-bond acceptors (Lipinski definition) is 4. The van der Waals surface area contributed by atoms with E-state index in [-0.39, 0.29) is 17.7 Å². The maximum absolute atomic E-state index is 12.0. The Balaban J connectivity index is 1.74. The quantitative estimate of drug-likeness (QED) is 0.858. The van der Waals surface area contributed by atoms with Crippen molar-refractivity contribution < 1.29 is 9.59 Å². The van der Waals surface area contributed by atoms with Crippen LogP contribution in [0, 0.1) is 5.92 Å². The lowest BCUT2D eigenvalue weighted by Gasteiger charge is -2.13. The molecule has 1 atom stereocenters. The largest absolute Gasteiger partial charge is 0.355 e. The van der Waals surface area contributed by atoms with Gasteiger partial charge in [-0.15, -0.1) is 11.3 Å². The second-order valence-corrected chi connectivity index (χ2v) is 5.90. The number of carbonyl (C=O) groups excluding carboxylic acids is 2. The Morgan fingerprint density at radius 1 is 1.55 bits per heavy atom. The van der Waals surface area contributed by atoms with Crippen LogP contribution in [0.5, 0.6) is 0 Å². The maximum atomic E-state index is 12.0. The Bertz CT molecular complexity index is 487. The van der Waals surface area contributed by atoms with Crippen LogP contribution >= 0.6 is 11.3 Å². The van der Waals surface area contributed by atoms with Crippen LogP contribution < -0.4 is 5.32 Å². The molecule has 0 bridgehead atoms. The van der Waals surface area contributed by atoms with Gasteiger partial charge in [0.15, 0.2) is 0 Å². The topological polar surface area (TPSA) is 62.3 Å². The minimum Gasteiger partial charge on any atom is -0.355 e. The number of rotatable bonds is 6. The van der Waals surface area contributed by atoms with Gasteiger partial charge < -0.3 is 10.2 Å². The molecule has 1 N–H and O–H groups in total. The van der Waals surface area contributed by atoms with Gasteiger partial charge in [-0.1, -0.05) is 6.92 Å². The molecule has 5 nitrogen and oxygen atoms in total. The first-order valence-corrected chi connectivity index (χ1v) is 8.00. The van der Waals surface area contributed by atoms with E-state index in [2.05, 4.69) is 22.6 Å². The Morgan fingerprint density at radius 2 is 2.35 bits per heavy atom. The van der Waals surface area contributed by atoms with Gasteiger partial charge >= 0.3 is 0 Å². The van der Waals surface area contributed by atoms with Crippen LogP contribution in [0.25, 0.3) is 0 Å². The van der Waals surface area contributed by atoms with Gasteiger partial charge in [-0.3, -0.25) is 9.59 Å². The Morgan fingerprint density at radius 3 is 2.95 bits per heavy atom. The lowest BCUT2D eigenvalue weighted by atomic mass is 10.1. The van der Waals surface area contributed by atoms with Crippen LogP contribution in [0.3, 0.4) is 0 Å². The number of aromatic nitrogens is 1. The SMILES string of the molecule is CCc1csc(CCNC(=O)[C@H]2CC(=O)N(CC)C2)n1. The number of nitrogens with one attached hydrogen (secondary N) is 1. The Kier molecular flexibility index (Phi) is 5.11. The predicted molar refractivity (Wildman–Crippen MR) is 78.6 cm³/mol. The smallest absolute Gasteiger partial charge is 0.225 e. The van der Waals surface area contributed by atoms with Gasteiger partial charge in [0, 0.05) is 37.9 Å². The van der Waals surface area contributed by atoms with Crippen LogP contribution in [-0.2, 0) is 22.4 Å². The molecule has 1 aliphatic rings. The monoisotopic (exact) mass is 295 g/mol. The van der Waals surface area contributed by atoms with E-state index >= 15 is 0 Å². The zero-order valence-corrected chi connectivity index (χ0v) is 12.8. The predicted octanol–water partition coefficient (Wildman–Crippen LogP) is 1.23. The number of aryl methyl sites for hydroxylation is 1. The van der Waals surface area contributed by atoms with Crippen LogP contribution in [0.15, 0.2) is 5.38 Å². The summed E-state index contributed by atoms with van der Waals surface area (Å²) in [4.78, 5) is 29.8. The zero-order chi connectivity index (χ0) is 14.5. The fourth-order valence-electron chi connectivity index (χ4n) is 2.32. The third-order valence-electron chi connectivity index (χ3n) is 3.57. The first-order valence-electron chi connectivity index (χ1n) is 7.12. The molecule has 110 valence electrons. The molecule has 2 heterocycles. The van der Waals surface area contributed by atoms with Gasteiger partial charge in [-0.05, 0) is 13.3 Å². The van der Waals surface area contributed by atoms with Gasteiger partial charge in [0.2, 0.25) is 11.8 Å². The van der Waals surface area contributed by atoms with Gasteiger partial charge in [-0.2, -0.15) is 0 Å². The summed E-state index contributed by atoms with van der Waals surface area (Å²) in [5.41, 5.74) is 1.11. The summed E-state index contributed by atoms with van der Waals surface area (Å²) in [6.45, 7) is 5.84. The summed E-state index contributed by atoms with van der Waals surface area (Å²) >= 11 is 1.64. The summed E-state index contributed by atoms with van der Waals surface area (Å²) in [5.74, 6) is -0.119. The Hall–Kier alpha value is -1.43. The van der Waals surface area contributed by atoms with Crippen molar-refractivity contribution in [2.24, 2.45) is 5.92 Å². The fraction of sp³-hybridized carbons (Fsp3) is 0.643. The van der Waals surface area contributed by atoms with Gasteiger partial charge in [0.1, 0.15) is 0 Å². The third kappa shape index (κ3) is 3.56. The molecular weight excluding hydrogens is 274 g/mol. The van der Waals surface area contributed by atoms with E-state index in [9.17, 15) is 9.59 Å². The molecule has 0 aliphatic carbocycles. The highest BCUT2D eigenvalue weighted by molar-refractivity contribution is 7.09. The van der Waals surface area contributed by atoms with E-state index in [4.69, 9.17) is 0 Å². The number of likely N-dealkylation sites (tertiary alicyclic amines) is 1. The van der Waals surface area contributed by atoms with Crippen molar-refractivity contribution in [1.82, 2.24) is 15.2 Å². The lowest BCUT2D eigenvalue weighted by molar-refractivity contribution is -0.128. The number of amides is 2. The summed E-state index contributed by atoms with van der Waals surface area (Å²) in [7, 11) is 0. The summed E-state index contributed by atoms with van der Waals surface area (Å²) in [6, 6.07) is 0. The summed E-state index contributed by atoms with van der Waals surface area (Å²) in [5, 5.41) is 6.03. The fourth-order valence-corrected chi connectivity index (χ4v) is 3.20. The van der Waals surface area contributed by atoms with Crippen molar-refractivity contribution in [3.8, 4) is 0 Å². The molecular formula is C14H21N3O2S. The van der Waals surface area contributed by atoms with E-state index in [0.29, 0.717) is 26.1 Å². The standard InChI is InChI=1S/C14H21N3O2S/c1-3-11-9-20-12(16-11)5-6-15-14(19)10-7-13(18)17(4-2)8-10/h9-10H,3-8H2,1-2H3,(H,15,19)/t10-/m0/s1. The highest BCUT2D eigenvalue weighted by Gasteiger charge is 2.32. The van der Waals surface area contributed by atoms with E-state index in [1.165, 1.54) is 0 Å². The molecule has 0 saturated carbocycles. The van der Waals surface area contributed by atoms with Crippen molar-refractivity contribution in [1.29, 1.82) is 0 Å². The first kappa shape index (κ1) is 15.0. The number of nitrogens with zero attached hydrogens (tertiary/aromatic N) is 2. The highest BCUT2D eigenvalue weighted by atomic mass is 32.1. The van der Waals surface area contributed by atoms with Crippen molar-refractivity contribution in [2.75, 3.05) is 19.6 Å². The zero-order valence-electron chi connectivity index (χ0n) is 12.0. The highest BCUT2D eigenvalue weighted by Crippen LogP contribution is 2.17. The minimum absolute atomic E-state index is 0.0124. The number of carbonyl (C=O) groups is 2. The second-order valence-electron chi connectivity index (χ2n) is 4.96. The van der Waals surface area contributed by atoms with E-state index in [1.54, 1.807) is 16.2 Å². The molecule has 2 rings (SSSR count). The first-order chi connectivity index (χ1) is 9.63. The average Bonchev–Trinajstić information content (AvgIpc) is 3.05. The minimum atomic E-state index is -0.190. The molecule has 1 aromatic heterocycles. The van der Waals surface area contributed by atoms with Crippen LogP contribution in [-0.4, -0.2) is 41.3 Å². The van der Waals surface area contributed by atoms with Crippen molar-refractivity contribution >= 4 is 23.2 Å². The summed E-state index contributed by atoms with van der Waals surface area (Å²) < 4.78 is 0. The second kappa shape index (κ2) is 6.83. The van der Waals surface area contributed by atoms with Gasteiger partial charge in [0.25, 0.3) is 0 Å². The molecule has 0 aromatic carbocycles. The molecule has 1 aliphatic heterocycles. The molecule has 0 unspecified atom stereocenters. The number of hydrogen-bond donors (Lipinski definition) is 1. The molecule has 6 heteroatoms. The van der Waals surface area contributed by atoms with Crippen molar-refractivity contribution in [3.05, 3.63) is 16.1 Å². The van der Waals surface area contributed by atoms with Crippen LogP contribution in [0.2, 0.25) is 0 Å². The van der Waals surface area contributed by atoms with Crippen LogP contribution in [0.1, 0.15) is 31.0 Å². The molecule has 20 heavy (non-hydrogen) atoms. The van der Waals surface area contributed by atoms with Crippen molar-refractivity contribution in [2.45, 2.75) is 33.1 Å². The van der Waals surface area contributed by atoms with Gasteiger partial charge in [0.05, 0.1) is 16.6 Å². The molecule has 2 amide bonds. The average molecular weight is 295 g/mol. The van der Waals surface area contributed by atoms with Gasteiger partial charge in [-0.25, -0.2) is 4.98 Å². The molecule has 1 aromatic rings. The number of thiazole rings is 1. The van der Waals surface area contributed by atoms with E-state index < -0.39 is 0 Å². The van der Waals surface area contributed by atoms with Crippen molar-refractivity contribution in [3.63, 3.8) is 0 Å². The molecule has 1 fully saturated rings. The lowest BCUT2D eigenvalue weighted by Crippen LogP contribution is -2.34. The molecule has 0 spiro atoms. The van der Waals surface area contributed by atoms with E-state index in [0.717, 1.165) is 23.5 Å². The molecule has 0 radical (unpaired) electrons. The normalized spacial score (nSPS) is 18.6. The molecule has 1 saturated heterocycles. The third-order valence-corrected chi connectivity index (χ3v) is 4.52.